The first-order chi connectivity index (χ1) is 13.7. The van der Waals surface area contributed by atoms with Crippen LogP contribution in [0.15, 0.2) is 18.2 Å². The van der Waals surface area contributed by atoms with Crippen molar-refractivity contribution in [1.82, 2.24) is 15.6 Å². The minimum atomic E-state index is -4.80. The Morgan fingerprint density at radius 3 is 2.83 bits per heavy atom. The summed E-state index contributed by atoms with van der Waals surface area (Å²) in [5, 5.41) is 8.20. The lowest BCUT2D eigenvalue weighted by molar-refractivity contribution is -0.274. The van der Waals surface area contributed by atoms with Gasteiger partial charge >= 0.3 is 6.36 Å². The number of piperidine rings is 1. The summed E-state index contributed by atoms with van der Waals surface area (Å²) in [6, 6.07) is 3.42. The van der Waals surface area contributed by atoms with Crippen LogP contribution < -0.4 is 20.7 Å². The van der Waals surface area contributed by atoms with Crippen molar-refractivity contribution >= 4 is 44.3 Å². The highest BCUT2D eigenvalue weighted by Crippen LogP contribution is 2.31. The molecule has 0 radical (unpaired) electrons. The number of carbonyl (C=O) groups excluding carboxylic acids is 3. The molecule has 0 saturated carbocycles. The molecule has 1 saturated heterocycles. The number of fused-ring (bicyclic) bond motifs is 1. The molecule has 0 spiro atoms. The molecule has 2 aromatic rings. The van der Waals surface area contributed by atoms with Gasteiger partial charge in [0.1, 0.15) is 11.5 Å². The average Bonchev–Trinajstić information content (AvgIpc) is 3.00. The minimum absolute atomic E-state index is 0.0855. The number of alkyl halides is 3. The molecule has 1 aliphatic rings. The predicted molar refractivity (Wildman–Crippen MR) is 98.6 cm³/mol. The second kappa shape index (κ2) is 8.74. The van der Waals surface area contributed by atoms with Gasteiger partial charge in [-0.05, 0) is 12.1 Å². The van der Waals surface area contributed by atoms with Gasteiger partial charge < -0.3 is 20.7 Å². The van der Waals surface area contributed by atoms with E-state index in [9.17, 15) is 27.6 Å². The third-order valence-corrected chi connectivity index (χ3v) is 4.96. The molecule has 1 atom stereocenters. The van der Waals surface area contributed by atoms with E-state index in [0.717, 1.165) is 17.4 Å². The molecular weight excluding hydrogens is 413 g/mol. The lowest BCUT2D eigenvalue weighted by Gasteiger charge is -2.21. The van der Waals surface area contributed by atoms with E-state index in [4.69, 9.17) is 0 Å². The summed E-state index contributed by atoms with van der Waals surface area (Å²) in [7, 11) is 0. The Labute approximate surface area is 166 Å². The molecule has 2 heterocycles. The van der Waals surface area contributed by atoms with Crippen molar-refractivity contribution < 1.29 is 32.3 Å². The summed E-state index contributed by atoms with van der Waals surface area (Å²) in [6.07, 6.45) is -3.98. The third kappa shape index (κ3) is 6.39. The van der Waals surface area contributed by atoms with Crippen LogP contribution in [0.5, 0.6) is 5.75 Å². The van der Waals surface area contributed by atoms with Crippen LogP contribution in [-0.2, 0) is 14.4 Å². The summed E-state index contributed by atoms with van der Waals surface area (Å²) in [4.78, 5) is 39.4. The Hall–Kier alpha value is -2.73. The number of nitrogens with one attached hydrogen (secondary N) is 3. The van der Waals surface area contributed by atoms with E-state index in [0.29, 0.717) is 23.2 Å². The number of hydrogen-bond donors (Lipinski definition) is 3. The van der Waals surface area contributed by atoms with E-state index in [1.165, 1.54) is 12.1 Å². The van der Waals surface area contributed by atoms with Crippen molar-refractivity contribution in [3.05, 3.63) is 18.2 Å². The molecule has 3 rings (SSSR count). The number of halogens is 3. The van der Waals surface area contributed by atoms with Crippen LogP contribution in [0.25, 0.3) is 10.2 Å². The van der Waals surface area contributed by atoms with Gasteiger partial charge in [0.25, 0.3) is 0 Å². The van der Waals surface area contributed by atoms with Crippen LogP contribution in [0.2, 0.25) is 0 Å². The number of aromatic nitrogens is 1. The molecular formula is C17H17F3N4O4S. The van der Waals surface area contributed by atoms with Crippen LogP contribution in [-0.4, -0.2) is 48.1 Å². The first-order valence-electron chi connectivity index (χ1n) is 8.66. The van der Waals surface area contributed by atoms with E-state index in [1.807, 2.05) is 0 Å². The van der Waals surface area contributed by atoms with E-state index in [-0.39, 0.29) is 48.0 Å². The fourth-order valence-corrected chi connectivity index (χ4v) is 3.71. The zero-order valence-corrected chi connectivity index (χ0v) is 15.8. The number of amides is 2. The van der Waals surface area contributed by atoms with E-state index >= 15 is 0 Å². The number of benzene rings is 1. The number of ketones is 1. The number of Topliss-reactive ketones (excluding diaryl/α,β-unsaturated/α-hetero) is 1. The smallest absolute Gasteiger partial charge is 0.406 e. The lowest BCUT2D eigenvalue weighted by Crippen LogP contribution is -2.43. The number of hydrogen-bond acceptors (Lipinski definition) is 7. The predicted octanol–water partition coefficient (Wildman–Crippen LogP) is 1.96. The van der Waals surface area contributed by atoms with Gasteiger partial charge in [-0.2, -0.15) is 0 Å². The monoisotopic (exact) mass is 430 g/mol. The number of ether oxygens (including phenoxy) is 1. The van der Waals surface area contributed by atoms with Gasteiger partial charge in [0.2, 0.25) is 11.8 Å². The van der Waals surface area contributed by atoms with Gasteiger partial charge in [-0.15, -0.1) is 13.2 Å². The second-order valence-electron chi connectivity index (χ2n) is 6.37. The van der Waals surface area contributed by atoms with E-state index in [2.05, 4.69) is 25.7 Å². The highest BCUT2D eigenvalue weighted by atomic mass is 32.1. The molecule has 29 heavy (non-hydrogen) atoms. The summed E-state index contributed by atoms with van der Waals surface area (Å²) >= 11 is 0.978. The standard InChI is InChI=1S/C17H17F3N4O4S/c18-17(19,20)28-11-1-2-12-13(7-11)29-16(23-12)24-15(27)8-22-14(26)6-9-5-10(25)3-4-21-9/h1-2,7,9,21H,3-6,8H2,(H,22,26)(H,23,24,27)/t9-/m1/s1. The summed E-state index contributed by atoms with van der Waals surface area (Å²) in [6.45, 7) is 0.239. The molecule has 1 fully saturated rings. The first kappa shape index (κ1) is 21.0. The molecule has 1 aromatic carbocycles. The van der Waals surface area contributed by atoms with Crippen molar-refractivity contribution in [2.75, 3.05) is 18.4 Å². The molecule has 0 bridgehead atoms. The van der Waals surface area contributed by atoms with Gasteiger partial charge in [-0.1, -0.05) is 11.3 Å². The van der Waals surface area contributed by atoms with Gasteiger partial charge in [0.15, 0.2) is 5.13 Å². The maximum absolute atomic E-state index is 12.3. The Balaban J connectivity index is 1.50. The van der Waals surface area contributed by atoms with Gasteiger partial charge in [-0.3, -0.25) is 14.4 Å². The first-order valence-corrected chi connectivity index (χ1v) is 9.47. The van der Waals surface area contributed by atoms with Crippen molar-refractivity contribution in [1.29, 1.82) is 0 Å². The maximum atomic E-state index is 12.3. The third-order valence-electron chi connectivity index (χ3n) is 4.03. The Kier molecular flexibility index (Phi) is 6.33. The molecule has 3 N–H and O–H groups in total. The molecule has 1 aromatic heterocycles. The minimum Gasteiger partial charge on any atom is -0.406 e. The summed E-state index contributed by atoms with van der Waals surface area (Å²) in [5.74, 6) is -1.19. The molecule has 156 valence electrons. The fourth-order valence-electron chi connectivity index (χ4n) is 2.80. The summed E-state index contributed by atoms with van der Waals surface area (Å²) in [5.41, 5.74) is 0.400. The highest BCUT2D eigenvalue weighted by molar-refractivity contribution is 7.22. The largest absolute Gasteiger partial charge is 0.573 e. The second-order valence-corrected chi connectivity index (χ2v) is 7.40. The quantitative estimate of drug-likeness (QED) is 0.647. The van der Waals surface area contributed by atoms with Crippen LogP contribution in [0.3, 0.4) is 0 Å². The van der Waals surface area contributed by atoms with Gasteiger partial charge in [0.05, 0.1) is 16.8 Å². The number of thiazole rings is 1. The molecule has 0 aliphatic carbocycles. The Morgan fingerprint density at radius 2 is 2.10 bits per heavy atom. The SMILES string of the molecule is O=C1CCN[C@@H](CC(=O)NCC(=O)Nc2nc3ccc(OC(F)(F)F)cc3s2)C1. The number of anilines is 1. The Morgan fingerprint density at radius 1 is 1.31 bits per heavy atom. The van der Waals surface area contributed by atoms with Crippen LogP contribution >= 0.6 is 11.3 Å². The molecule has 1 aliphatic heterocycles. The van der Waals surface area contributed by atoms with E-state index in [1.54, 1.807) is 0 Å². The van der Waals surface area contributed by atoms with Crippen molar-refractivity contribution in [2.24, 2.45) is 0 Å². The molecule has 0 unspecified atom stereocenters. The fraction of sp³-hybridized carbons (Fsp3) is 0.412. The number of rotatable bonds is 6. The number of nitrogens with zero attached hydrogens (tertiary/aromatic N) is 1. The maximum Gasteiger partial charge on any atom is 0.573 e. The zero-order valence-electron chi connectivity index (χ0n) is 15.0. The number of carbonyl (C=O) groups is 3. The average molecular weight is 430 g/mol. The van der Waals surface area contributed by atoms with Crippen LogP contribution in [0, 0.1) is 0 Å². The topological polar surface area (TPSA) is 109 Å². The zero-order chi connectivity index (χ0) is 21.0. The highest BCUT2D eigenvalue weighted by Gasteiger charge is 2.31. The molecule has 2 amide bonds. The van der Waals surface area contributed by atoms with Crippen molar-refractivity contribution in [2.45, 2.75) is 31.7 Å². The van der Waals surface area contributed by atoms with E-state index < -0.39 is 12.3 Å². The van der Waals surface area contributed by atoms with Crippen LogP contribution in [0.1, 0.15) is 19.3 Å². The lowest BCUT2D eigenvalue weighted by atomic mass is 10.0. The summed E-state index contributed by atoms with van der Waals surface area (Å²) < 4.78 is 41.1. The molecule has 12 heteroatoms. The van der Waals surface area contributed by atoms with Crippen molar-refractivity contribution in [3.8, 4) is 5.75 Å². The van der Waals surface area contributed by atoms with Crippen molar-refractivity contribution in [3.63, 3.8) is 0 Å². The normalized spacial score (nSPS) is 17.2. The van der Waals surface area contributed by atoms with Gasteiger partial charge in [-0.25, -0.2) is 4.98 Å². The van der Waals surface area contributed by atoms with Crippen LogP contribution in [0.4, 0.5) is 18.3 Å². The Bertz CT molecular complexity index is 931. The molecule has 8 nitrogen and oxygen atoms in total. The van der Waals surface area contributed by atoms with Gasteiger partial charge in [0, 0.05) is 37.9 Å².